The van der Waals surface area contributed by atoms with Crippen LogP contribution in [0.1, 0.15) is 15.9 Å². The Balaban J connectivity index is 1.73. The molecule has 2 N–H and O–H groups in total. The van der Waals surface area contributed by atoms with E-state index in [0.29, 0.717) is 17.4 Å². The van der Waals surface area contributed by atoms with E-state index in [-0.39, 0.29) is 5.56 Å². The topological polar surface area (TPSA) is 74.8 Å². The lowest BCUT2D eigenvalue weighted by atomic mass is 10.2. The van der Waals surface area contributed by atoms with Crippen molar-refractivity contribution in [2.75, 3.05) is 0 Å². The zero-order chi connectivity index (χ0) is 16.9. The molecule has 0 aliphatic heterocycles. The van der Waals surface area contributed by atoms with Crippen molar-refractivity contribution in [2.24, 2.45) is 0 Å². The summed E-state index contributed by atoms with van der Waals surface area (Å²) in [6, 6.07) is 16.3. The Hall–Kier alpha value is -2.92. The van der Waals surface area contributed by atoms with Crippen molar-refractivity contribution in [3.05, 3.63) is 87.3 Å². The lowest BCUT2D eigenvalue weighted by Crippen LogP contribution is -2.29. The number of benzene rings is 2. The number of carbonyl (C=O) groups is 1. The van der Waals surface area contributed by atoms with Gasteiger partial charge in [-0.1, -0.05) is 54.1 Å². The van der Waals surface area contributed by atoms with E-state index in [4.69, 9.17) is 11.6 Å². The van der Waals surface area contributed by atoms with Crippen molar-refractivity contribution < 1.29 is 4.79 Å². The number of aromatic nitrogens is 2. The standard InChI is InChI=1S/C18H14ClN3O2/c19-14-8-6-12(7-9-14)10-21-17(23)15-11-20-16(22-18(15)24)13-4-2-1-3-5-13/h1-9,11H,10H2,(H,21,23)(H,20,22,24). The molecule has 0 aliphatic carbocycles. The van der Waals surface area contributed by atoms with Gasteiger partial charge < -0.3 is 10.3 Å². The number of nitrogens with zero attached hydrogens (tertiary/aromatic N) is 1. The number of hydrogen-bond acceptors (Lipinski definition) is 3. The SMILES string of the molecule is O=C(NCc1ccc(Cl)cc1)c1cnc(-c2ccccc2)[nH]c1=O. The highest BCUT2D eigenvalue weighted by molar-refractivity contribution is 6.30. The smallest absolute Gasteiger partial charge is 0.264 e. The highest BCUT2D eigenvalue weighted by Gasteiger charge is 2.12. The molecule has 6 heteroatoms. The van der Waals surface area contributed by atoms with Gasteiger partial charge in [-0.15, -0.1) is 0 Å². The van der Waals surface area contributed by atoms with Gasteiger partial charge in [0.25, 0.3) is 11.5 Å². The summed E-state index contributed by atoms with van der Waals surface area (Å²) in [5.41, 5.74) is 1.17. The fraction of sp³-hybridized carbons (Fsp3) is 0.0556. The Labute approximate surface area is 143 Å². The van der Waals surface area contributed by atoms with Crippen molar-refractivity contribution in [2.45, 2.75) is 6.54 Å². The molecule has 1 aromatic heterocycles. The molecule has 0 bridgehead atoms. The zero-order valence-electron chi connectivity index (χ0n) is 12.6. The lowest BCUT2D eigenvalue weighted by Gasteiger charge is -2.06. The highest BCUT2D eigenvalue weighted by Crippen LogP contribution is 2.12. The molecule has 3 rings (SSSR count). The summed E-state index contributed by atoms with van der Waals surface area (Å²) in [4.78, 5) is 31.1. The normalized spacial score (nSPS) is 10.4. The molecule has 0 unspecified atom stereocenters. The van der Waals surface area contributed by atoms with Crippen LogP contribution in [0, 0.1) is 0 Å². The van der Waals surface area contributed by atoms with Crippen LogP contribution in [0.25, 0.3) is 11.4 Å². The van der Waals surface area contributed by atoms with Crippen LogP contribution < -0.4 is 10.9 Å². The number of H-pyrrole nitrogens is 1. The van der Waals surface area contributed by atoms with E-state index in [1.54, 1.807) is 12.1 Å². The van der Waals surface area contributed by atoms with Crippen LogP contribution >= 0.6 is 11.6 Å². The molecule has 0 saturated carbocycles. The Morgan fingerprint density at radius 1 is 1.08 bits per heavy atom. The minimum atomic E-state index is -0.475. The van der Waals surface area contributed by atoms with Crippen LogP contribution in [0.2, 0.25) is 5.02 Å². The maximum atomic E-state index is 12.2. The fourth-order valence-electron chi connectivity index (χ4n) is 2.18. The summed E-state index contributed by atoms with van der Waals surface area (Å²) >= 11 is 5.82. The zero-order valence-corrected chi connectivity index (χ0v) is 13.4. The second kappa shape index (κ2) is 7.10. The summed E-state index contributed by atoms with van der Waals surface area (Å²) in [6.07, 6.45) is 1.29. The number of aromatic amines is 1. The van der Waals surface area contributed by atoms with Crippen molar-refractivity contribution in [1.29, 1.82) is 0 Å². The van der Waals surface area contributed by atoms with Crippen LogP contribution in [-0.2, 0) is 6.54 Å². The number of halogens is 1. The molecule has 0 spiro atoms. The molecule has 3 aromatic rings. The summed E-state index contributed by atoms with van der Waals surface area (Å²) in [5, 5.41) is 3.32. The Kier molecular flexibility index (Phi) is 4.72. The first kappa shape index (κ1) is 16.0. The molecule has 2 aromatic carbocycles. The van der Waals surface area contributed by atoms with E-state index in [1.807, 2.05) is 42.5 Å². The average molecular weight is 340 g/mol. The van der Waals surface area contributed by atoms with Gasteiger partial charge in [0.2, 0.25) is 0 Å². The summed E-state index contributed by atoms with van der Waals surface area (Å²) in [5.74, 6) is -0.0480. The lowest BCUT2D eigenvalue weighted by molar-refractivity contribution is 0.0949. The van der Waals surface area contributed by atoms with E-state index in [0.717, 1.165) is 11.1 Å². The van der Waals surface area contributed by atoms with Gasteiger partial charge in [0.15, 0.2) is 0 Å². The van der Waals surface area contributed by atoms with E-state index < -0.39 is 11.5 Å². The second-order valence-electron chi connectivity index (χ2n) is 5.15. The van der Waals surface area contributed by atoms with Crippen molar-refractivity contribution in [3.63, 3.8) is 0 Å². The van der Waals surface area contributed by atoms with E-state index in [2.05, 4.69) is 15.3 Å². The van der Waals surface area contributed by atoms with Crippen molar-refractivity contribution in [1.82, 2.24) is 15.3 Å². The summed E-state index contributed by atoms with van der Waals surface area (Å²) in [6.45, 7) is 0.301. The van der Waals surface area contributed by atoms with E-state index >= 15 is 0 Å². The van der Waals surface area contributed by atoms with Gasteiger partial charge >= 0.3 is 0 Å². The Bertz CT molecular complexity index is 906. The first-order valence-corrected chi connectivity index (χ1v) is 7.68. The van der Waals surface area contributed by atoms with Crippen molar-refractivity contribution >= 4 is 17.5 Å². The molecule has 1 amide bonds. The van der Waals surface area contributed by atoms with Gasteiger partial charge in [-0.3, -0.25) is 9.59 Å². The molecule has 0 aliphatic rings. The molecular formula is C18H14ClN3O2. The van der Waals surface area contributed by atoms with Crippen LogP contribution in [0.4, 0.5) is 0 Å². The first-order chi connectivity index (χ1) is 11.6. The maximum Gasteiger partial charge on any atom is 0.264 e. The molecule has 0 fully saturated rings. The molecule has 120 valence electrons. The first-order valence-electron chi connectivity index (χ1n) is 7.31. The quantitative estimate of drug-likeness (QED) is 0.767. The summed E-state index contributed by atoms with van der Waals surface area (Å²) < 4.78 is 0. The number of hydrogen-bond donors (Lipinski definition) is 2. The third-order valence-corrected chi connectivity index (χ3v) is 3.71. The largest absolute Gasteiger partial charge is 0.348 e. The molecule has 0 saturated heterocycles. The van der Waals surface area contributed by atoms with E-state index in [9.17, 15) is 9.59 Å². The maximum absolute atomic E-state index is 12.2. The van der Waals surface area contributed by atoms with Crippen LogP contribution in [0.5, 0.6) is 0 Å². The average Bonchev–Trinajstić information content (AvgIpc) is 2.61. The molecule has 0 atom stereocenters. The summed E-state index contributed by atoms with van der Waals surface area (Å²) in [7, 11) is 0. The minimum Gasteiger partial charge on any atom is -0.348 e. The molecule has 0 radical (unpaired) electrons. The molecule has 5 nitrogen and oxygen atoms in total. The van der Waals surface area contributed by atoms with Gasteiger partial charge in [-0.2, -0.15) is 0 Å². The number of carbonyl (C=O) groups excluding carboxylic acids is 1. The molecule has 24 heavy (non-hydrogen) atoms. The van der Waals surface area contributed by atoms with Gasteiger partial charge in [-0.05, 0) is 17.7 Å². The van der Waals surface area contributed by atoms with Crippen LogP contribution in [0.3, 0.4) is 0 Å². The predicted octanol–water partition coefficient (Wildman–Crippen LogP) is 3.02. The third-order valence-electron chi connectivity index (χ3n) is 3.46. The molecule has 1 heterocycles. The molecular weight excluding hydrogens is 326 g/mol. The van der Waals surface area contributed by atoms with E-state index in [1.165, 1.54) is 6.20 Å². The fourth-order valence-corrected chi connectivity index (χ4v) is 2.31. The number of rotatable bonds is 4. The van der Waals surface area contributed by atoms with Gasteiger partial charge in [0.05, 0.1) is 0 Å². The van der Waals surface area contributed by atoms with Crippen LogP contribution in [0.15, 0.2) is 65.6 Å². The Morgan fingerprint density at radius 2 is 1.79 bits per heavy atom. The van der Waals surface area contributed by atoms with Crippen LogP contribution in [-0.4, -0.2) is 15.9 Å². The van der Waals surface area contributed by atoms with Crippen molar-refractivity contribution in [3.8, 4) is 11.4 Å². The monoisotopic (exact) mass is 339 g/mol. The predicted molar refractivity (Wildman–Crippen MR) is 92.9 cm³/mol. The third kappa shape index (κ3) is 3.70. The number of amides is 1. The van der Waals surface area contributed by atoms with Gasteiger partial charge in [-0.25, -0.2) is 4.98 Å². The Morgan fingerprint density at radius 3 is 2.46 bits per heavy atom. The number of nitrogens with one attached hydrogen (secondary N) is 2. The highest BCUT2D eigenvalue weighted by atomic mass is 35.5. The minimum absolute atomic E-state index is 0.0244. The van der Waals surface area contributed by atoms with Gasteiger partial charge in [0, 0.05) is 23.3 Å². The van der Waals surface area contributed by atoms with Gasteiger partial charge in [0.1, 0.15) is 11.4 Å². The second-order valence-corrected chi connectivity index (χ2v) is 5.59.